The van der Waals surface area contributed by atoms with Gasteiger partial charge in [-0.15, -0.1) is 0 Å². The van der Waals surface area contributed by atoms with E-state index in [0.717, 1.165) is 0 Å². The Morgan fingerprint density at radius 3 is 1.58 bits per heavy atom. The molecule has 0 spiro atoms. The molecule has 2 aromatic rings. The summed E-state index contributed by atoms with van der Waals surface area (Å²) in [5.74, 6) is 0.0492. The Balaban J connectivity index is 0.000000240. The van der Waals surface area contributed by atoms with E-state index in [1.54, 1.807) is 13.8 Å². The number of nitrogens with two attached hydrogens (primary N) is 1. The molecule has 0 aromatic carbocycles. The second kappa shape index (κ2) is 9.14. The zero-order valence-electron chi connectivity index (χ0n) is 13.7. The molecule has 0 fully saturated rings. The summed E-state index contributed by atoms with van der Waals surface area (Å²) in [6.07, 6.45) is 2.97. The molecular weight excluding hydrogens is 314 g/mol. The van der Waals surface area contributed by atoms with Crippen LogP contribution in [0.3, 0.4) is 0 Å². The highest BCUT2D eigenvalue weighted by Crippen LogP contribution is 2.23. The largest absolute Gasteiger partial charge is 0.506 e. The normalized spacial score (nSPS) is 10.2. The van der Waals surface area contributed by atoms with Gasteiger partial charge in [0.2, 0.25) is 0 Å². The van der Waals surface area contributed by atoms with E-state index in [0.29, 0.717) is 33.6 Å². The molecule has 0 saturated heterocycles. The number of hydrogen-bond acceptors (Lipinski definition) is 8. The van der Waals surface area contributed by atoms with Crippen molar-refractivity contribution in [2.24, 2.45) is 5.73 Å². The zero-order valence-corrected chi connectivity index (χ0v) is 13.7. The smallest absolute Gasteiger partial charge is 0.142 e. The van der Waals surface area contributed by atoms with Crippen molar-refractivity contribution in [1.82, 2.24) is 9.97 Å². The summed E-state index contributed by atoms with van der Waals surface area (Å²) < 4.78 is 0. The molecule has 132 valence electrons. The van der Waals surface area contributed by atoms with Crippen molar-refractivity contribution >= 4 is 0 Å². The van der Waals surface area contributed by atoms with Crippen LogP contribution in [0.4, 0.5) is 0 Å². The molecule has 2 aromatic heterocycles. The Bertz CT molecular complexity index is 632. The maximum Gasteiger partial charge on any atom is 0.142 e. The average molecular weight is 337 g/mol. The molecule has 0 radical (unpaired) electrons. The van der Waals surface area contributed by atoms with Crippen molar-refractivity contribution in [3.63, 3.8) is 0 Å². The van der Waals surface area contributed by atoms with Gasteiger partial charge < -0.3 is 31.3 Å². The van der Waals surface area contributed by atoms with Crippen molar-refractivity contribution in [3.8, 4) is 11.5 Å². The van der Waals surface area contributed by atoms with Gasteiger partial charge in [-0.05, 0) is 13.8 Å². The molecule has 8 heteroatoms. The van der Waals surface area contributed by atoms with Gasteiger partial charge in [0.05, 0.1) is 31.2 Å². The van der Waals surface area contributed by atoms with Gasteiger partial charge in [-0.2, -0.15) is 0 Å². The number of nitrogens with zero attached hydrogens (tertiary/aromatic N) is 2. The van der Waals surface area contributed by atoms with E-state index >= 15 is 0 Å². The molecule has 0 saturated carbocycles. The minimum atomic E-state index is -0.287. The summed E-state index contributed by atoms with van der Waals surface area (Å²) >= 11 is 0. The summed E-state index contributed by atoms with van der Waals surface area (Å²) in [6, 6.07) is 0. The van der Waals surface area contributed by atoms with Crippen LogP contribution in [0, 0.1) is 13.8 Å². The average Bonchev–Trinajstić information content (AvgIpc) is 2.59. The molecule has 0 bridgehead atoms. The summed E-state index contributed by atoms with van der Waals surface area (Å²) in [5.41, 5.74) is 8.36. The van der Waals surface area contributed by atoms with Crippen LogP contribution in [-0.4, -0.2) is 35.5 Å². The lowest BCUT2D eigenvalue weighted by Crippen LogP contribution is -2.04. The number of aromatic nitrogens is 2. The third-order valence-corrected chi connectivity index (χ3v) is 3.56. The quantitative estimate of drug-likeness (QED) is 0.460. The van der Waals surface area contributed by atoms with Crippen molar-refractivity contribution in [3.05, 3.63) is 46.0 Å². The van der Waals surface area contributed by atoms with Crippen LogP contribution in [0.25, 0.3) is 0 Å². The molecule has 0 unspecified atom stereocenters. The summed E-state index contributed by atoms with van der Waals surface area (Å²) in [7, 11) is 0. The lowest BCUT2D eigenvalue weighted by molar-refractivity contribution is 0.254. The van der Waals surface area contributed by atoms with Crippen molar-refractivity contribution < 1.29 is 25.5 Å². The first-order valence-corrected chi connectivity index (χ1v) is 7.26. The fourth-order valence-electron chi connectivity index (χ4n) is 2.05. The summed E-state index contributed by atoms with van der Waals surface area (Å²) in [4.78, 5) is 7.73. The molecule has 0 aliphatic carbocycles. The summed E-state index contributed by atoms with van der Waals surface area (Å²) in [5, 5.41) is 45.3. The molecule has 0 aliphatic rings. The van der Waals surface area contributed by atoms with E-state index in [-0.39, 0.29) is 37.9 Å². The third-order valence-electron chi connectivity index (χ3n) is 3.56. The minimum absolute atomic E-state index is 0.0379. The van der Waals surface area contributed by atoms with Gasteiger partial charge in [0.25, 0.3) is 0 Å². The fraction of sp³-hybridized carbons (Fsp3) is 0.375. The third kappa shape index (κ3) is 4.39. The molecule has 2 rings (SSSR count). The predicted octanol–water partition coefficient (Wildman–Crippen LogP) is 0.127. The highest BCUT2D eigenvalue weighted by molar-refractivity contribution is 5.40. The van der Waals surface area contributed by atoms with Crippen LogP contribution in [0.1, 0.15) is 33.6 Å². The Morgan fingerprint density at radius 1 is 0.792 bits per heavy atom. The zero-order chi connectivity index (χ0) is 18.3. The van der Waals surface area contributed by atoms with Crippen LogP contribution in [0.5, 0.6) is 11.5 Å². The Hall–Kier alpha value is -2.26. The van der Waals surface area contributed by atoms with Gasteiger partial charge in [0.15, 0.2) is 0 Å². The first kappa shape index (κ1) is 19.8. The molecule has 24 heavy (non-hydrogen) atoms. The molecule has 7 N–H and O–H groups in total. The topological polar surface area (TPSA) is 153 Å². The maximum atomic E-state index is 9.46. The predicted molar refractivity (Wildman–Crippen MR) is 86.9 cm³/mol. The van der Waals surface area contributed by atoms with Crippen LogP contribution in [0.15, 0.2) is 12.4 Å². The van der Waals surface area contributed by atoms with Gasteiger partial charge in [0.1, 0.15) is 11.5 Å². The van der Waals surface area contributed by atoms with E-state index in [2.05, 4.69) is 9.97 Å². The number of aromatic hydroxyl groups is 2. The van der Waals surface area contributed by atoms with Crippen LogP contribution in [0.2, 0.25) is 0 Å². The first-order chi connectivity index (χ1) is 11.4. The van der Waals surface area contributed by atoms with Gasteiger partial charge >= 0.3 is 0 Å². The Labute approximate surface area is 139 Å². The molecular formula is C16H23N3O5. The number of hydrogen-bond donors (Lipinski definition) is 6. The SMILES string of the molecule is Cc1ncc(CO)c(CN)c1O.Cc1ncc(CO)c(CO)c1O. The highest BCUT2D eigenvalue weighted by atomic mass is 16.3. The Kier molecular flexibility index (Phi) is 7.53. The van der Waals surface area contributed by atoms with Crippen LogP contribution in [-0.2, 0) is 26.4 Å². The second-order valence-corrected chi connectivity index (χ2v) is 5.07. The fourth-order valence-corrected chi connectivity index (χ4v) is 2.05. The van der Waals surface area contributed by atoms with Gasteiger partial charge in [-0.1, -0.05) is 0 Å². The number of aliphatic hydroxyl groups excluding tert-OH is 3. The van der Waals surface area contributed by atoms with E-state index in [1.165, 1.54) is 12.4 Å². The highest BCUT2D eigenvalue weighted by Gasteiger charge is 2.09. The number of pyridine rings is 2. The van der Waals surface area contributed by atoms with Crippen molar-refractivity contribution in [2.45, 2.75) is 40.2 Å². The van der Waals surface area contributed by atoms with E-state index < -0.39 is 0 Å². The van der Waals surface area contributed by atoms with Crippen LogP contribution < -0.4 is 5.73 Å². The lowest BCUT2D eigenvalue weighted by Gasteiger charge is -2.08. The molecule has 0 aliphatic heterocycles. The van der Waals surface area contributed by atoms with Crippen molar-refractivity contribution in [2.75, 3.05) is 0 Å². The van der Waals surface area contributed by atoms with Gasteiger partial charge in [0, 0.05) is 41.2 Å². The van der Waals surface area contributed by atoms with E-state index in [1.807, 2.05) is 0 Å². The first-order valence-electron chi connectivity index (χ1n) is 7.26. The molecule has 0 amide bonds. The lowest BCUT2D eigenvalue weighted by atomic mass is 10.1. The second-order valence-electron chi connectivity index (χ2n) is 5.07. The van der Waals surface area contributed by atoms with E-state index in [9.17, 15) is 10.2 Å². The number of aliphatic hydroxyl groups is 3. The van der Waals surface area contributed by atoms with Gasteiger partial charge in [-0.25, -0.2) is 0 Å². The van der Waals surface area contributed by atoms with Crippen molar-refractivity contribution in [1.29, 1.82) is 0 Å². The van der Waals surface area contributed by atoms with Gasteiger partial charge in [-0.3, -0.25) is 9.97 Å². The standard InChI is InChI=1S/C8H12N2O2.C8H11NO3/c1-5-8(12)7(2-9)6(4-11)3-10-5;1-5-8(12)7(4-11)6(3-10)2-9-5/h3,11-12H,2,4,9H2,1H3;2,10-12H,3-4H2,1H3. The molecule has 8 nitrogen and oxygen atoms in total. The minimum Gasteiger partial charge on any atom is -0.506 e. The van der Waals surface area contributed by atoms with E-state index in [4.69, 9.17) is 21.1 Å². The molecule has 2 heterocycles. The molecule has 0 atom stereocenters. The number of aryl methyl sites for hydroxylation is 2. The Morgan fingerprint density at radius 2 is 1.21 bits per heavy atom. The monoisotopic (exact) mass is 337 g/mol. The summed E-state index contributed by atoms with van der Waals surface area (Å²) in [6.45, 7) is 2.88. The number of rotatable bonds is 4. The maximum absolute atomic E-state index is 9.46. The van der Waals surface area contributed by atoms with Crippen LogP contribution >= 0.6 is 0 Å².